The third-order valence-electron chi connectivity index (χ3n) is 9.29. The van der Waals surface area contributed by atoms with Crippen LogP contribution in [0.4, 0.5) is 23.0 Å². The van der Waals surface area contributed by atoms with Crippen LogP contribution in [-0.4, -0.2) is 17.0 Å². The number of hydrogen-bond acceptors (Lipinski definition) is 5. The summed E-state index contributed by atoms with van der Waals surface area (Å²) in [5.41, 5.74) is 12.6. The van der Waals surface area contributed by atoms with E-state index in [1.54, 1.807) is 0 Å². The highest BCUT2D eigenvalue weighted by molar-refractivity contribution is 6.86. The smallest absolute Gasteiger partial charge is 0.424 e. The second-order valence-electron chi connectivity index (χ2n) is 11.8. The first-order chi connectivity index (χ1) is 22.8. The SMILES string of the molecule is c1ccc(-c2nc(N3B4c5c(cccc5-c5ccccc53)-c3ccccc3N4c3ccccc3)nc3oc4ccccc4c23)cc1. The van der Waals surface area contributed by atoms with E-state index in [2.05, 4.69) is 137 Å². The van der Waals surface area contributed by atoms with Crippen molar-refractivity contribution in [3.05, 3.63) is 152 Å². The lowest BCUT2D eigenvalue weighted by atomic mass is 9.54. The van der Waals surface area contributed by atoms with Crippen LogP contribution in [0.3, 0.4) is 0 Å². The standard InChI is InChI=1S/C40H25BN4O/c1-3-14-26(15-4-1)38-36-32-20-9-12-25-35(32)46-39(36)43-40(42-38)45-34-24-11-8-19-29(34)31-22-13-21-30-28-18-7-10-23-33(28)44(41(45)37(30)31)27-16-5-2-6-17-27/h1-25H. The zero-order valence-electron chi connectivity index (χ0n) is 24.7. The molecule has 0 bridgehead atoms. The van der Waals surface area contributed by atoms with E-state index >= 15 is 0 Å². The molecule has 0 amide bonds. The van der Waals surface area contributed by atoms with Crippen molar-refractivity contribution in [1.29, 1.82) is 0 Å². The molecule has 0 saturated carbocycles. The Labute approximate surface area is 266 Å². The van der Waals surface area contributed by atoms with Gasteiger partial charge in [0.15, 0.2) is 0 Å². The van der Waals surface area contributed by atoms with Gasteiger partial charge in [-0.25, -0.2) is 4.98 Å². The van der Waals surface area contributed by atoms with Crippen LogP contribution in [0, 0.1) is 0 Å². The molecule has 6 aromatic carbocycles. The molecule has 5 nitrogen and oxygen atoms in total. The van der Waals surface area contributed by atoms with Crippen LogP contribution in [0.25, 0.3) is 55.6 Å². The fourth-order valence-electron chi connectivity index (χ4n) is 7.38. The lowest BCUT2D eigenvalue weighted by Gasteiger charge is -2.46. The third kappa shape index (κ3) is 3.52. The van der Waals surface area contributed by atoms with Gasteiger partial charge >= 0.3 is 6.98 Å². The highest BCUT2D eigenvalue weighted by atomic mass is 16.3. The maximum absolute atomic E-state index is 6.49. The van der Waals surface area contributed by atoms with Gasteiger partial charge in [-0.2, -0.15) is 4.98 Å². The quantitative estimate of drug-likeness (QED) is 0.193. The summed E-state index contributed by atoms with van der Waals surface area (Å²) in [7, 11) is 0. The van der Waals surface area contributed by atoms with Gasteiger partial charge in [-0.1, -0.05) is 121 Å². The molecule has 0 fully saturated rings. The summed E-state index contributed by atoms with van der Waals surface area (Å²) < 4.78 is 6.49. The van der Waals surface area contributed by atoms with Crippen LogP contribution >= 0.6 is 0 Å². The number of hydrogen-bond donors (Lipinski definition) is 0. The van der Waals surface area contributed by atoms with E-state index in [-0.39, 0.29) is 6.98 Å². The maximum Gasteiger partial charge on any atom is 0.424 e. The van der Waals surface area contributed by atoms with Crippen molar-refractivity contribution in [1.82, 2.24) is 9.97 Å². The number of para-hydroxylation sites is 4. The van der Waals surface area contributed by atoms with Crippen LogP contribution in [0.15, 0.2) is 156 Å². The first-order valence-corrected chi connectivity index (χ1v) is 15.5. The molecule has 214 valence electrons. The average Bonchev–Trinajstić information content (AvgIpc) is 3.51. The number of fused-ring (bicyclic) bond motifs is 7. The fraction of sp³-hybridized carbons (Fsp3) is 0. The molecule has 0 N–H and O–H groups in total. The van der Waals surface area contributed by atoms with Crippen molar-refractivity contribution in [3.63, 3.8) is 0 Å². The normalized spacial score (nSPS) is 13.1. The van der Waals surface area contributed by atoms with Gasteiger partial charge in [0.2, 0.25) is 11.7 Å². The summed E-state index contributed by atoms with van der Waals surface area (Å²) >= 11 is 0. The molecule has 0 radical (unpaired) electrons. The summed E-state index contributed by atoms with van der Waals surface area (Å²) in [4.78, 5) is 15.4. The average molecular weight is 588 g/mol. The molecule has 0 atom stereocenters. The maximum atomic E-state index is 6.49. The van der Waals surface area contributed by atoms with E-state index in [1.807, 2.05) is 24.3 Å². The number of nitrogens with zero attached hydrogens (tertiary/aromatic N) is 4. The van der Waals surface area contributed by atoms with Crippen molar-refractivity contribution in [3.8, 4) is 33.5 Å². The summed E-state index contributed by atoms with van der Waals surface area (Å²) in [6.07, 6.45) is 0. The molecule has 0 unspecified atom stereocenters. The highest BCUT2D eigenvalue weighted by Gasteiger charge is 2.47. The zero-order valence-corrected chi connectivity index (χ0v) is 24.7. The topological polar surface area (TPSA) is 45.4 Å². The van der Waals surface area contributed by atoms with Crippen LogP contribution in [-0.2, 0) is 0 Å². The van der Waals surface area contributed by atoms with E-state index in [0.29, 0.717) is 11.7 Å². The number of benzene rings is 6. The van der Waals surface area contributed by atoms with Gasteiger partial charge in [0.1, 0.15) is 5.58 Å². The number of rotatable bonds is 3. The van der Waals surface area contributed by atoms with Crippen molar-refractivity contribution in [2.24, 2.45) is 0 Å². The summed E-state index contributed by atoms with van der Waals surface area (Å²) in [6, 6.07) is 53.1. The molecule has 0 spiro atoms. The second kappa shape index (κ2) is 9.68. The minimum atomic E-state index is -0.260. The van der Waals surface area contributed by atoms with Gasteiger partial charge in [-0.15, -0.1) is 0 Å². The molecule has 2 aromatic heterocycles. The monoisotopic (exact) mass is 588 g/mol. The van der Waals surface area contributed by atoms with E-state index < -0.39 is 0 Å². The van der Waals surface area contributed by atoms with Gasteiger partial charge < -0.3 is 14.0 Å². The number of aromatic nitrogens is 2. The third-order valence-corrected chi connectivity index (χ3v) is 9.29. The summed E-state index contributed by atoms with van der Waals surface area (Å²) in [5, 5.41) is 1.93. The Morgan fingerprint density at radius 1 is 0.500 bits per heavy atom. The highest BCUT2D eigenvalue weighted by Crippen LogP contribution is 2.48. The van der Waals surface area contributed by atoms with E-state index in [4.69, 9.17) is 14.4 Å². The molecule has 8 aromatic rings. The Morgan fingerprint density at radius 2 is 1.09 bits per heavy atom. The minimum absolute atomic E-state index is 0.260. The van der Waals surface area contributed by atoms with E-state index in [0.717, 1.165) is 50.2 Å². The Bertz CT molecular complexity index is 2440. The van der Waals surface area contributed by atoms with Crippen molar-refractivity contribution in [2.45, 2.75) is 0 Å². The van der Waals surface area contributed by atoms with Crippen molar-refractivity contribution >= 4 is 57.5 Å². The number of anilines is 4. The van der Waals surface area contributed by atoms with Crippen LogP contribution in [0.2, 0.25) is 0 Å². The molecule has 46 heavy (non-hydrogen) atoms. The van der Waals surface area contributed by atoms with Gasteiger partial charge in [0.25, 0.3) is 0 Å². The van der Waals surface area contributed by atoms with Gasteiger partial charge in [0.05, 0.1) is 11.1 Å². The first-order valence-electron chi connectivity index (χ1n) is 15.5. The molecule has 0 aliphatic carbocycles. The first kappa shape index (κ1) is 25.2. The summed E-state index contributed by atoms with van der Waals surface area (Å²) in [6.45, 7) is -0.260. The molecule has 0 saturated heterocycles. The predicted molar refractivity (Wildman–Crippen MR) is 188 cm³/mol. The van der Waals surface area contributed by atoms with E-state index in [9.17, 15) is 0 Å². The van der Waals surface area contributed by atoms with Gasteiger partial charge in [-0.05, 0) is 46.9 Å². The number of furan rings is 1. The van der Waals surface area contributed by atoms with Crippen molar-refractivity contribution < 1.29 is 4.42 Å². The van der Waals surface area contributed by atoms with E-state index in [1.165, 1.54) is 22.2 Å². The fourth-order valence-corrected chi connectivity index (χ4v) is 7.38. The Kier molecular flexibility index (Phi) is 5.31. The zero-order chi connectivity index (χ0) is 30.2. The van der Waals surface area contributed by atoms with Crippen molar-refractivity contribution in [2.75, 3.05) is 9.62 Å². The van der Waals surface area contributed by atoms with Crippen LogP contribution < -0.4 is 15.1 Å². The lowest BCUT2D eigenvalue weighted by molar-refractivity contribution is 0.653. The molecule has 2 aliphatic heterocycles. The molecule has 10 rings (SSSR count). The predicted octanol–water partition coefficient (Wildman–Crippen LogP) is 9.38. The van der Waals surface area contributed by atoms with Crippen LogP contribution in [0.5, 0.6) is 0 Å². The van der Waals surface area contributed by atoms with Gasteiger partial charge in [0, 0.05) is 39.1 Å². The minimum Gasteiger partial charge on any atom is -0.437 e. The van der Waals surface area contributed by atoms with Gasteiger partial charge in [-0.3, -0.25) is 0 Å². The second-order valence-corrected chi connectivity index (χ2v) is 11.8. The summed E-state index contributed by atoms with van der Waals surface area (Å²) in [5.74, 6) is 0.587. The van der Waals surface area contributed by atoms with Crippen LogP contribution in [0.1, 0.15) is 0 Å². The lowest BCUT2D eigenvalue weighted by Crippen LogP contribution is -2.62. The molecule has 2 aliphatic rings. The molecule has 6 heteroatoms. The molecular weight excluding hydrogens is 563 g/mol. The molecular formula is C40H25BN4O. The Hall–Kier alpha value is -6.14. The Balaban J connectivity index is 1.33. The largest absolute Gasteiger partial charge is 0.437 e. The Morgan fingerprint density at radius 3 is 1.83 bits per heavy atom. The molecule has 4 heterocycles.